The van der Waals surface area contributed by atoms with Gasteiger partial charge in [0.05, 0.1) is 6.07 Å². The van der Waals surface area contributed by atoms with Crippen LogP contribution in [0.5, 0.6) is 0 Å². The zero-order chi connectivity index (χ0) is 14.1. The van der Waals surface area contributed by atoms with Gasteiger partial charge in [0.1, 0.15) is 19.8 Å². The first-order valence-corrected chi connectivity index (χ1v) is 5.61. The zero-order valence-electron chi connectivity index (χ0n) is 10.3. The molecule has 0 atom stereocenters. The third-order valence-electron chi connectivity index (χ3n) is 2.28. The van der Waals surface area contributed by atoms with Crippen LogP contribution >= 0.6 is 0 Å². The molecule has 0 radical (unpaired) electrons. The Morgan fingerprint density at radius 1 is 1.26 bits per heavy atom. The predicted molar refractivity (Wildman–Crippen MR) is 65.9 cm³/mol. The molecule has 19 heavy (non-hydrogen) atoms. The minimum absolute atomic E-state index is 0.0653. The van der Waals surface area contributed by atoms with E-state index in [0.29, 0.717) is 6.54 Å². The van der Waals surface area contributed by atoms with Gasteiger partial charge in [0.2, 0.25) is 5.91 Å². The number of nitriles is 1. The van der Waals surface area contributed by atoms with Crippen LogP contribution in [-0.4, -0.2) is 41.6 Å². The highest BCUT2D eigenvalue weighted by molar-refractivity contribution is 5.78. The molecule has 0 aliphatic heterocycles. The van der Waals surface area contributed by atoms with E-state index in [0.717, 1.165) is 5.56 Å². The van der Waals surface area contributed by atoms with E-state index in [-0.39, 0.29) is 13.2 Å². The average molecular weight is 262 g/mol. The predicted octanol–water partition coefficient (Wildman–Crippen LogP) is 0.640. The molecular weight excluding hydrogens is 248 g/mol. The van der Waals surface area contributed by atoms with Gasteiger partial charge in [0.15, 0.2) is 0 Å². The van der Waals surface area contributed by atoms with E-state index in [9.17, 15) is 9.59 Å². The van der Waals surface area contributed by atoms with Crippen LogP contribution in [-0.2, 0) is 20.9 Å². The number of amides is 1. The third-order valence-corrected chi connectivity index (χ3v) is 2.28. The van der Waals surface area contributed by atoms with E-state index in [4.69, 9.17) is 15.1 Å². The van der Waals surface area contributed by atoms with Gasteiger partial charge in [-0.15, -0.1) is 0 Å². The Kier molecular flexibility index (Phi) is 6.06. The number of rotatable bonds is 7. The van der Waals surface area contributed by atoms with Gasteiger partial charge in [0.25, 0.3) is 0 Å². The van der Waals surface area contributed by atoms with E-state index in [2.05, 4.69) is 0 Å². The van der Waals surface area contributed by atoms with Gasteiger partial charge >= 0.3 is 5.97 Å². The maximum absolute atomic E-state index is 11.8. The number of carboxylic acid groups (broad SMARTS) is 1. The van der Waals surface area contributed by atoms with Crippen molar-refractivity contribution >= 4 is 11.9 Å². The SMILES string of the molecule is N#CCN(Cc1ccccc1)C(=O)COCC(=O)O. The monoisotopic (exact) mass is 262 g/mol. The first kappa shape index (κ1) is 14.7. The van der Waals surface area contributed by atoms with Crippen molar-refractivity contribution in [3.63, 3.8) is 0 Å². The van der Waals surface area contributed by atoms with E-state index >= 15 is 0 Å². The van der Waals surface area contributed by atoms with Crippen LogP contribution in [0.3, 0.4) is 0 Å². The van der Waals surface area contributed by atoms with E-state index in [1.54, 1.807) is 0 Å². The quantitative estimate of drug-likeness (QED) is 0.728. The highest BCUT2D eigenvalue weighted by Gasteiger charge is 2.14. The second kappa shape index (κ2) is 7.84. The first-order valence-electron chi connectivity index (χ1n) is 5.61. The molecule has 0 aliphatic rings. The van der Waals surface area contributed by atoms with Crippen LogP contribution in [0.4, 0.5) is 0 Å². The van der Waals surface area contributed by atoms with Crippen LogP contribution in [0, 0.1) is 11.3 Å². The number of carbonyl (C=O) groups is 2. The van der Waals surface area contributed by atoms with Gasteiger partial charge in [-0.2, -0.15) is 5.26 Å². The number of hydrogen-bond acceptors (Lipinski definition) is 4. The number of hydrogen-bond donors (Lipinski definition) is 1. The summed E-state index contributed by atoms with van der Waals surface area (Å²) in [6.07, 6.45) is 0. The summed E-state index contributed by atoms with van der Waals surface area (Å²) < 4.78 is 4.72. The van der Waals surface area contributed by atoms with Gasteiger partial charge in [-0.3, -0.25) is 4.79 Å². The number of ether oxygens (including phenoxy) is 1. The fraction of sp³-hybridized carbons (Fsp3) is 0.308. The Balaban J connectivity index is 2.54. The van der Waals surface area contributed by atoms with E-state index in [1.165, 1.54) is 4.90 Å². The van der Waals surface area contributed by atoms with Crippen molar-refractivity contribution < 1.29 is 19.4 Å². The molecule has 6 heteroatoms. The molecule has 6 nitrogen and oxygen atoms in total. The second-order valence-electron chi connectivity index (χ2n) is 3.78. The summed E-state index contributed by atoms with van der Waals surface area (Å²) in [5.41, 5.74) is 0.893. The standard InChI is InChI=1S/C13H14N2O4/c14-6-7-15(8-11-4-2-1-3-5-11)12(16)9-19-10-13(17)18/h1-5H,7-10H2,(H,17,18). The van der Waals surface area contributed by atoms with Crippen molar-refractivity contribution in [2.24, 2.45) is 0 Å². The molecule has 1 aromatic carbocycles. The van der Waals surface area contributed by atoms with Crippen LogP contribution in [0.2, 0.25) is 0 Å². The Morgan fingerprint density at radius 3 is 2.53 bits per heavy atom. The molecule has 0 unspecified atom stereocenters. The highest BCUT2D eigenvalue weighted by Crippen LogP contribution is 2.04. The molecule has 0 aromatic heterocycles. The van der Waals surface area contributed by atoms with Crippen LogP contribution in [0.15, 0.2) is 30.3 Å². The van der Waals surface area contributed by atoms with Crippen molar-refractivity contribution in [3.8, 4) is 6.07 Å². The summed E-state index contributed by atoms with van der Waals surface area (Å²) in [6.45, 7) is -0.647. The largest absolute Gasteiger partial charge is 0.480 e. The molecule has 0 aliphatic carbocycles. The fourth-order valence-electron chi connectivity index (χ4n) is 1.44. The summed E-state index contributed by atoms with van der Waals surface area (Å²) >= 11 is 0. The lowest BCUT2D eigenvalue weighted by Crippen LogP contribution is -2.34. The van der Waals surface area contributed by atoms with Crippen molar-refractivity contribution in [3.05, 3.63) is 35.9 Å². The lowest BCUT2D eigenvalue weighted by Gasteiger charge is -2.19. The molecule has 1 N–H and O–H groups in total. The van der Waals surface area contributed by atoms with Crippen molar-refractivity contribution in [1.82, 2.24) is 4.90 Å². The molecule has 0 spiro atoms. The molecule has 0 saturated carbocycles. The molecule has 1 aromatic rings. The minimum Gasteiger partial charge on any atom is -0.480 e. The van der Waals surface area contributed by atoms with Gasteiger partial charge in [-0.25, -0.2) is 4.79 Å². The minimum atomic E-state index is -1.14. The normalized spacial score (nSPS) is 9.63. The topological polar surface area (TPSA) is 90.6 Å². The molecule has 1 rings (SSSR count). The van der Waals surface area contributed by atoms with E-state index in [1.807, 2.05) is 36.4 Å². The Morgan fingerprint density at radius 2 is 1.95 bits per heavy atom. The van der Waals surface area contributed by atoms with Crippen LogP contribution < -0.4 is 0 Å². The van der Waals surface area contributed by atoms with E-state index < -0.39 is 18.5 Å². The summed E-state index contributed by atoms with van der Waals surface area (Å²) in [5, 5.41) is 17.1. The second-order valence-corrected chi connectivity index (χ2v) is 3.78. The molecule has 100 valence electrons. The highest BCUT2D eigenvalue weighted by atomic mass is 16.5. The number of carboxylic acids is 1. The molecular formula is C13H14N2O4. The lowest BCUT2D eigenvalue weighted by molar-refractivity contribution is -0.145. The number of aliphatic carboxylic acids is 1. The number of nitrogens with zero attached hydrogens (tertiary/aromatic N) is 2. The van der Waals surface area contributed by atoms with Gasteiger partial charge in [0, 0.05) is 6.54 Å². The Labute approximate surface area is 110 Å². The molecule has 0 heterocycles. The summed E-state index contributed by atoms with van der Waals surface area (Å²) in [4.78, 5) is 23.4. The third kappa shape index (κ3) is 5.66. The Bertz CT molecular complexity index is 467. The van der Waals surface area contributed by atoms with Gasteiger partial charge in [-0.05, 0) is 5.56 Å². The molecule has 0 bridgehead atoms. The average Bonchev–Trinajstić information content (AvgIpc) is 2.39. The maximum Gasteiger partial charge on any atom is 0.329 e. The van der Waals surface area contributed by atoms with Crippen molar-refractivity contribution in [1.29, 1.82) is 5.26 Å². The Hall–Kier alpha value is -2.39. The van der Waals surface area contributed by atoms with Crippen molar-refractivity contribution in [2.75, 3.05) is 19.8 Å². The smallest absolute Gasteiger partial charge is 0.329 e. The maximum atomic E-state index is 11.8. The lowest BCUT2D eigenvalue weighted by atomic mass is 10.2. The summed E-state index contributed by atoms with van der Waals surface area (Å²) in [6, 6.07) is 11.1. The van der Waals surface area contributed by atoms with Crippen LogP contribution in [0.1, 0.15) is 5.56 Å². The summed E-state index contributed by atoms with van der Waals surface area (Å²) in [5.74, 6) is -1.55. The molecule has 0 saturated heterocycles. The van der Waals surface area contributed by atoms with Gasteiger partial charge < -0.3 is 14.7 Å². The number of benzene rings is 1. The zero-order valence-corrected chi connectivity index (χ0v) is 10.3. The summed E-state index contributed by atoms with van der Waals surface area (Å²) in [7, 11) is 0. The van der Waals surface area contributed by atoms with Crippen molar-refractivity contribution in [2.45, 2.75) is 6.54 Å². The number of carbonyl (C=O) groups excluding carboxylic acids is 1. The van der Waals surface area contributed by atoms with Crippen LogP contribution in [0.25, 0.3) is 0 Å². The first-order chi connectivity index (χ1) is 9.13. The fourth-order valence-corrected chi connectivity index (χ4v) is 1.44. The van der Waals surface area contributed by atoms with Gasteiger partial charge in [-0.1, -0.05) is 30.3 Å². The molecule has 0 fully saturated rings. The molecule has 1 amide bonds.